The van der Waals surface area contributed by atoms with E-state index in [-0.39, 0.29) is 23.8 Å². The number of pyridine rings is 1. The molecule has 3 atom stereocenters. The Hall–Kier alpha value is -1.95. The maximum atomic E-state index is 13.2. The number of aliphatic carboxylic acids is 1. The number of nitrogens with zero attached hydrogens (tertiary/aromatic N) is 3. The molecule has 26 heavy (non-hydrogen) atoms. The molecule has 144 valence electrons. The van der Waals surface area contributed by atoms with Crippen molar-refractivity contribution < 1.29 is 14.7 Å². The number of carbonyl (C=O) groups excluding carboxylic acids is 1. The predicted octanol–water partition coefficient (Wildman–Crippen LogP) is 2.81. The Morgan fingerprint density at radius 1 is 1.38 bits per heavy atom. The van der Waals surface area contributed by atoms with Gasteiger partial charge in [-0.05, 0) is 51.3 Å². The lowest BCUT2D eigenvalue weighted by molar-refractivity contribution is -0.151. The van der Waals surface area contributed by atoms with Crippen LogP contribution in [-0.4, -0.2) is 57.4 Å². The smallest absolute Gasteiger partial charge is 0.324 e. The molecule has 0 radical (unpaired) electrons. The van der Waals surface area contributed by atoms with Crippen molar-refractivity contribution in [1.29, 1.82) is 0 Å². The van der Waals surface area contributed by atoms with Crippen LogP contribution < -0.4 is 0 Å². The molecule has 2 heterocycles. The Labute approximate surface area is 156 Å². The van der Waals surface area contributed by atoms with Crippen molar-refractivity contribution in [2.75, 3.05) is 20.1 Å². The molecule has 0 saturated carbocycles. The van der Waals surface area contributed by atoms with Crippen molar-refractivity contribution >= 4 is 11.9 Å². The van der Waals surface area contributed by atoms with Gasteiger partial charge in [0.25, 0.3) is 0 Å². The summed E-state index contributed by atoms with van der Waals surface area (Å²) < 4.78 is 0. The fourth-order valence-electron chi connectivity index (χ4n) is 4.38. The first-order valence-corrected chi connectivity index (χ1v) is 9.43. The van der Waals surface area contributed by atoms with Crippen molar-refractivity contribution in [2.24, 2.45) is 11.8 Å². The highest BCUT2D eigenvalue weighted by atomic mass is 16.4. The van der Waals surface area contributed by atoms with Gasteiger partial charge in [-0.1, -0.05) is 19.9 Å². The Kier molecular flexibility index (Phi) is 6.39. The Morgan fingerprint density at radius 2 is 2.04 bits per heavy atom. The van der Waals surface area contributed by atoms with Crippen molar-refractivity contribution in [3.05, 3.63) is 30.1 Å². The largest absolute Gasteiger partial charge is 0.480 e. The van der Waals surface area contributed by atoms with Crippen LogP contribution in [0.5, 0.6) is 0 Å². The second kappa shape index (κ2) is 8.16. The van der Waals surface area contributed by atoms with Gasteiger partial charge in [0, 0.05) is 31.5 Å². The number of likely N-dealkylation sites (N-methyl/N-ethyl adjacent to an activating group) is 1. The highest BCUT2D eigenvalue weighted by molar-refractivity contribution is 5.85. The molecule has 1 saturated heterocycles. The second-order valence-corrected chi connectivity index (χ2v) is 7.60. The minimum atomic E-state index is -1.04. The first-order chi connectivity index (χ1) is 12.3. The van der Waals surface area contributed by atoms with E-state index in [1.54, 1.807) is 17.3 Å². The number of amides is 1. The molecule has 1 aliphatic rings. The third-order valence-corrected chi connectivity index (χ3v) is 5.59. The Balaban J connectivity index is 2.52. The summed E-state index contributed by atoms with van der Waals surface area (Å²) in [5.74, 6) is -0.996. The third kappa shape index (κ3) is 3.61. The van der Waals surface area contributed by atoms with Crippen LogP contribution in [0.3, 0.4) is 0 Å². The molecular formula is C20H31N3O3. The van der Waals surface area contributed by atoms with Crippen LogP contribution in [0.4, 0.5) is 0 Å². The highest BCUT2D eigenvalue weighted by Gasteiger charge is 2.57. The number of carbonyl (C=O) groups is 2. The Morgan fingerprint density at radius 3 is 2.50 bits per heavy atom. The number of hydrogen-bond donors (Lipinski definition) is 1. The molecule has 0 bridgehead atoms. The van der Waals surface area contributed by atoms with E-state index in [9.17, 15) is 14.7 Å². The minimum Gasteiger partial charge on any atom is -0.480 e. The van der Waals surface area contributed by atoms with Gasteiger partial charge in [-0.3, -0.25) is 19.5 Å². The zero-order valence-electron chi connectivity index (χ0n) is 16.5. The summed E-state index contributed by atoms with van der Waals surface area (Å²) in [4.78, 5) is 33.5. The van der Waals surface area contributed by atoms with Gasteiger partial charge in [0.2, 0.25) is 5.91 Å². The Bertz CT molecular complexity index is 630. The number of carboxylic acid groups (broad SMARTS) is 1. The SMILES string of the molecule is CCN(CC)C(=O)[C@H]1C[C@@](CC(C)C)(C(=O)O)N(C)[C@H]1c1cccnc1. The van der Waals surface area contributed by atoms with E-state index < -0.39 is 11.5 Å². The summed E-state index contributed by atoms with van der Waals surface area (Å²) in [5.41, 5.74) is -0.144. The average Bonchev–Trinajstić information content (AvgIpc) is 2.90. The second-order valence-electron chi connectivity index (χ2n) is 7.60. The summed E-state index contributed by atoms with van der Waals surface area (Å²) in [6.07, 6.45) is 4.28. The standard InChI is InChI=1S/C20H31N3O3/c1-6-23(7-2)18(24)16-12-20(19(25)26,11-14(3)4)22(5)17(16)15-9-8-10-21-13-15/h8-10,13-14,16-17H,6-7,11-12H2,1-5H3,(H,25,26)/t16-,17-,20-/m0/s1. The third-order valence-electron chi connectivity index (χ3n) is 5.59. The summed E-state index contributed by atoms with van der Waals surface area (Å²) in [7, 11) is 1.84. The van der Waals surface area contributed by atoms with Gasteiger partial charge in [-0.2, -0.15) is 0 Å². The van der Waals surface area contributed by atoms with E-state index in [1.165, 1.54) is 0 Å². The maximum absolute atomic E-state index is 13.2. The summed E-state index contributed by atoms with van der Waals surface area (Å²) in [6, 6.07) is 3.49. The molecule has 1 amide bonds. The number of rotatable bonds is 7. The topological polar surface area (TPSA) is 73.7 Å². The van der Waals surface area contributed by atoms with E-state index in [1.807, 2.05) is 51.8 Å². The lowest BCUT2D eigenvalue weighted by Crippen LogP contribution is -2.50. The van der Waals surface area contributed by atoms with Crippen molar-refractivity contribution in [2.45, 2.75) is 52.1 Å². The molecule has 0 spiro atoms. The zero-order chi connectivity index (χ0) is 19.5. The molecule has 0 aliphatic carbocycles. The van der Waals surface area contributed by atoms with Crippen LogP contribution >= 0.6 is 0 Å². The van der Waals surface area contributed by atoms with Gasteiger partial charge in [0.15, 0.2) is 0 Å². The first kappa shape index (κ1) is 20.4. The summed E-state index contributed by atoms with van der Waals surface area (Å²) in [5, 5.41) is 10.1. The predicted molar refractivity (Wildman–Crippen MR) is 101 cm³/mol. The van der Waals surface area contributed by atoms with Crippen LogP contribution in [0.15, 0.2) is 24.5 Å². The molecule has 1 aromatic heterocycles. The summed E-state index contributed by atoms with van der Waals surface area (Å²) >= 11 is 0. The van der Waals surface area contributed by atoms with E-state index in [4.69, 9.17) is 0 Å². The van der Waals surface area contributed by atoms with Crippen LogP contribution in [0.1, 0.15) is 52.1 Å². The molecule has 0 aromatic carbocycles. The fourth-order valence-corrected chi connectivity index (χ4v) is 4.38. The van der Waals surface area contributed by atoms with Gasteiger partial charge in [0.05, 0.1) is 5.92 Å². The van der Waals surface area contributed by atoms with Crippen molar-refractivity contribution in [1.82, 2.24) is 14.8 Å². The highest BCUT2D eigenvalue weighted by Crippen LogP contribution is 2.49. The lowest BCUT2D eigenvalue weighted by Gasteiger charge is -2.36. The average molecular weight is 361 g/mol. The van der Waals surface area contributed by atoms with Crippen LogP contribution in [0, 0.1) is 11.8 Å². The molecule has 1 aromatic rings. The zero-order valence-corrected chi connectivity index (χ0v) is 16.5. The lowest BCUT2D eigenvalue weighted by atomic mass is 9.83. The van der Waals surface area contributed by atoms with Gasteiger partial charge < -0.3 is 10.0 Å². The van der Waals surface area contributed by atoms with Gasteiger partial charge >= 0.3 is 5.97 Å². The van der Waals surface area contributed by atoms with E-state index in [2.05, 4.69) is 4.98 Å². The number of likely N-dealkylation sites (tertiary alicyclic amines) is 1. The normalized spacial score (nSPS) is 26.2. The molecule has 1 aliphatic heterocycles. The van der Waals surface area contributed by atoms with Crippen LogP contribution in [-0.2, 0) is 9.59 Å². The van der Waals surface area contributed by atoms with Crippen LogP contribution in [0.2, 0.25) is 0 Å². The van der Waals surface area contributed by atoms with Gasteiger partial charge in [0.1, 0.15) is 5.54 Å². The molecule has 6 heteroatoms. The first-order valence-electron chi connectivity index (χ1n) is 9.43. The fraction of sp³-hybridized carbons (Fsp3) is 0.650. The molecule has 6 nitrogen and oxygen atoms in total. The molecule has 1 fully saturated rings. The van der Waals surface area contributed by atoms with E-state index in [0.717, 1.165) is 5.56 Å². The van der Waals surface area contributed by atoms with Crippen molar-refractivity contribution in [3.63, 3.8) is 0 Å². The van der Waals surface area contributed by atoms with Gasteiger partial charge in [-0.25, -0.2) is 0 Å². The number of aromatic nitrogens is 1. The maximum Gasteiger partial charge on any atom is 0.324 e. The number of hydrogen-bond acceptors (Lipinski definition) is 4. The molecule has 2 rings (SSSR count). The van der Waals surface area contributed by atoms with Gasteiger partial charge in [-0.15, -0.1) is 0 Å². The van der Waals surface area contributed by atoms with Crippen molar-refractivity contribution in [3.8, 4) is 0 Å². The number of carboxylic acids is 1. The van der Waals surface area contributed by atoms with E-state index in [0.29, 0.717) is 25.9 Å². The molecular weight excluding hydrogens is 330 g/mol. The molecule has 1 N–H and O–H groups in total. The monoisotopic (exact) mass is 361 g/mol. The van der Waals surface area contributed by atoms with Crippen LogP contribution in [0.25, 0.3) is 0 Å². The van der Waals surface area contributed by atoms with E-state index >= 15 is 0 Å². The molecule has 0 unspecified atom stereocenters. The minimum absolute atomic E-state index is 0.0302. The quantitative estimate of drug-likeness (QED) is 0.808. The summed E-state index contributed by atoms with van der Waals surface area (Å²) in [6.45, 7) is 9.21.